The molecule has 1 saturated heterocycles. The van der Waals surface area contributed by atoms with Crippen LogP contribution in [0.25, 0.3) is 11.4 Å². The van der Waals surface area contributed by atoms with Crippen molar-refractivity contribution in [1.82, 2.24) is 24.8 Å². The Hall–Kier alpha value is -3.26. The van der Waals surface area contributed by atoms with Crippen LogP contribution in [0.15, 0.2) is 47.7 Å². The van der Waals surface area contributed by atoms with Gasteiger partial charge in [-0.25, -0.2) is 9.97 Å². The van der Waals surface area contributed by atoms with E-state index in [0.717, 1.165) is 48.2 Å². The summed E-state index contributed by atoms with van der Waals surface area (Å²) in [6.45, 7) is 1.26. The molecule has 4 N–H and O–H groups in total. The largest absolute Gasteiger partial charge is 0.348 e. The number of piperidine rings is 1. The minimum Gasteiger partial charge on any atom is -0.348 e. The highest BCUT2D eigenvalue weighted by molar-refractivity contribution is 5.82. The van der Waals surface area contributed by atoms with Crippen molar-refractivity contribution in [3.63, 3.8) is 0 Å². The van der Waals surface area contributed by atoms with Gasteiger partial charge in [-0.15, -0.1) is 0 Å². The number of fused-ring (bicyclic) bond motifs is 2. The van der Waals surface area contributed by atoms with E-state index in [1.165, 1.54) is 0 Å². The maximum atomic E-state index is 12.9. The number of carbonyl (C=O) groups excluding carboxylic acids is 1. The average Bonchev–Trinajstić information content (AvgIpc) is 3.43. The van der Waals surface area contributed by atoms with Gasteiger partial charge in [-0.1, -0.05) is 30.3 Å². The summed E-state index contributed by atoms with van der Waals surface area (Å²) >= 11 is 0. The monoisotopic (exact) mass is 418 g/mol. The van der Waals surface area contributed by atoms with Crippen molar-refractivity contribution in [2.24, 2.45) is 5.73 Å². The number of aromatic amines is 2. The second-order valence-corrected chi connectivity index (χ2v) is 8.60. The molecule has 8 nitrogen and oxygen atoms in total. The molecule has 5 rings (SSSR count). The molecule has 160 valence electrons. The second kappa shape index (κ2) is 7.77. The fourth-order valence-electron chi connectivity index (χ4n) is 4.98. The van der Waals surface area contributed by atoms with E-state index < -0.39 is 6.04 Å². The first-order valence-electron chi connectivity index (χ1n) is 10.8. The third kappa shape index (κ3) is 3.57. The van der Waals surface area contributed by atoms with Crippen LogP contribution in [-0.4, -0.2) is 49.9 Å². The summed E-state index contributed by atoms with van der Waals surface area (Å²) in [5.74, 6) is 0.581. The molecule has 2 aromatic heterocycles. The van der Waals surface area contributed by atoms with E-state index in [1.54, 1.807) is 12.5 Å². The number of rotatable bonds is 4. The van der Waals surface area contributed by atoms with E-state index in [-0.39, 0.29) is 16.9 Å². The fourth-order valence-corrected chi connectivity index (χ4v) is 4.98. The first-order valence-corrected chi connectivity index (χ1v) is 10.8. The molecule has 0 saturated carbocycles. The summed E-state index contributed by atoms with van der Waals surface area (Å²) in [7, 11) is 0. The standard InChI is InChI=1S/C23H26N6O2/c24-18(12-16-13-25-14-26-16)22(31)29-10-8-23(9-11-29)7-6-17-19(23)27-20(28-21(17)30)15-4-2-1-3-5-15/h1-5,13-14,18H,6-12,24H2,(H,25,26)(H,27,28,30)/t18-/m0/s1. The van der Waals surface area contributed by atoms with Gasteiger partial charge in [-0.2, -0.15) is 0 Å². The van der Waals surface area contributed by atoms with Gasteiger partial charge in [0.25, 0.3) is 5.56 Å². The number of H-pyrrole nitrogens is 2. The zero-order valence-electron chi connectivity index (χ0n) is 17.3. The van der Waals surface area contributed by atoms with E-state index >= 15 is 0 Å². The zero-order valence-corrected chi connectivity index (χ0v) is 17.3. The lowest BCUT2D eigenvalue weighted by atomic mass is 9.76. The Labute approximate surface area is 179 Å². The number of amides is 1. The number of hydrogen-bond donors (Lipinski definition) is 3. The number of nitrogens with one attached hydrogen (secondary N) is 2. The SMILES string of the molecule is N[C@@H](Cc1cnc[nH]1)C(=O)N1CCC2(CCc3c2nc(-c2ccccc2)[nH]c3=O)CC1. The number of likely N-dealkylation sites (tertiary alicyclic amines) is 1. The van der Waals surface area contributed by atoms with Gasteiger partial charge in [0, 0.05) is 47.9 Å². The maximum absolute atomic E-state index is 12.9. The first kappa shape index (κ1) is 19.7. The van der Waals surface area contributed by atoms with Gasteiger partial charge in [0.2, 0.25) is 5.91 Å². The number of nitrogens with two attached hydrogens (primary N) is 1. The Bertz CT molecular complexity index is 1130. The Morgan fingerprint density at radius 3 is 2.68 bits per heavy atom. The van der Waals surface area contributed by atoms with Crippen molar-refractivity contribution >= 4 is 5.91 Å². The zero-order chi connectivity index (χ0) is 21.4. The van der Waals surface area contributed by atoms with Gasteiger partial charge < -0.3 is 20.6 Å². The molecular weight excluding hydrogens is 392 g/mol. The smallest absolute Gasteiger partial charge is 0.254 e. The summed E-state index contributed by atoms with van der Waals surface area (Å²) in [5.41, 5.74) is 9.47. The molecule has 1 spiro atoms. The molecule has 1 aliphatic carbocycles. The lowest BCUT2D eigenvalue weighted by Crippen LogP contribution is -2.51. The van der Waals surface area contributed by atoms with Gasteiger partial charge in [-0.05, 0) is 25.7 Å². The number of aromatic nitrogens is 4. The van der Waals surface area contributed by atoms with Crippen molar-refractivity contribution in [2.75, 3.05) is 13.1 Å². The van der Waals surface area contributed by atoms with Crippen molar-refractivity contribution in [3.8, 4) is 11.4 Å². The second-order valence-electron chi connectivity index (χ2n) is 8.60. The van der Waals surface area contributed by atoms with Crippen molar-refractivity contribution < 1.29 is 4.79 Å². The molecule has 8 heteroatoms. The van der Waals surface area contributed by atoms with Crippen LogP contribution in [0.4, 0.5) is 0 Å². The summed E-state index contributed by atoms with van der Waals surface area (Å²) in [6.07, 6.45) is 6.97. The highest BCUT2D eigenvalue weighted by Crippen LogP contribution is 2.44. The molecular formula is C23H26N6O2. The van der Waals surface area contributed by atoms with Gasteiger partial charge in [-0.3, -0.25) is 9.59 Å². The molecule has 1 atom stereocenters. The van der Waals surface area contributed by atoms with Gasteiger partial charge in [0.05, 0.1) is 18.1 Å². The van der Waals surface area contributed by atoms with E-state index in [2.05, 4.69) is 15.0 Å². The van der Waals surface area contributed by atoms with Gasteiger partial charge in [0.15, 0.2) is 0 Å². The van der Waals surface area contributed by atoms with Crippen molar-refractivity contribution in [3.05, 3.63) is 70.2 Å². The normalized spacial score (nSPS) is 18.2. The van der Waals surface area contributed by atoms with Crippen LogP contribution in [0.2, 0.25) is 0 Å². The van der Waals surface area contributed by atoms with Crippen LogP contribution < -0.4 is 11.3 Å². The summed E-state index contributed by atoms with van der Waals surface area (Å²) in [4.78, 5) is 42.3. The number of carbonyl (C=O) groups is 1. The Balaban J connectivity index is 1.34. The molecule has 3 heterocycles. The van der Waals surface area contributed by atoms with E-state index in [4.69, 9.17) is 10.7 Å². The molecule has 2 aliphatic rings. The molecule has 0 bridgehead atoms. The van der Waals surface area contributed by atoms with Gasteiger partial charge >= 0.3 is 0 Å². The van der Waals surface area contributed by atoms with E-state index in [9.17, 15) is 9.59 Å². The molecule has 1 fully saturated rings. The predicted octanol–water partition coefficient (Wildman–Crippen LogP) is 1.54. The number of benzene rings is 1. The topological polar surface area (TPSA) is 121 Å². The van der Waals surface area contributed by atoms with E-state index in [1.807, 2.05) is 35.2 Å². The van der Waals surface area contributed by atoms with Crippen LogP contribution in [-0.2, 0) is 23.1 Å². The highest BCUT2D eigenvalue weighted by Gasteiger charge is 2.45. The molecule has 1 aromatic carbocycles. The number of imidazole rings is 1. The third-order valence-electron chi connectivity index (χ3n) is 6.76. The van der Waals surface area contributed by atoms with Crippen molar-refractivity contribution in [1.29, 1.82) is 0 Å². The molecule has 0 unspecified atom stereocenters. The fraction of sp³-hybridized carbons (Fsp3) is 0.391. The van der Waals surface area contributed by atoms with Crippen LogP contribution in [0.5, 0.6) is 0 Å². The quantitative estimate of drug-likeness (QED) is 0.593. The number of nitrogens with zero attached hydrogens (tertiary/aromatic N) is 3. The Morgan fingerprint density at radius 1 is 1.19 bits per heavy atom. The predicted molar refractivity (Wildman–Crippen MR) is 116 cm³/mol. The maximum Gasteiger partial charge on any atom is 0.254 e. The average molecular weight is 419 g/mol. The molecule has 3 aromatic rings. The van der Waals surface area contributed by atoms with Crippen LogP contribution in [0.3, 0.4) is 0 Å². The molecule has 31 heavy (non-hydrogen) atoms. The molecule has 1 amide bonds. The van der Waals surface area contributed by atoms with Crippen molar-refractivity contribution in [2.45, 2.75) is 43.6 Å². The highest BCUT2D eigenvalue weighted by atomic mass is 16.2. The summed E-state index contributed by atoms with van der Waals surface area (Å²) in [6, 6.07) is 9.14. The first-order chi connectivity index (χ1) is 15.1. The lowest BCUT2D eigenvalue weighted by Gasteiger charge is -2.40. The van der Waals surface area contributed by atoms with Crippen LogP contribution in [0, 0.1) is 0 Å². The third-order valence-corrected chi connectivity index (χ3v) is 6.76. The summed E-state index contributed by atoms with van der Waals surface area (Å²) in [5, 5.41) is 0. The summed E-state index contributed by atoms with van der Waals surface area (Å²) < 4.78 is 0. The molecule has 0 radical (unpaired) electrons. The lowest BCUT2D eigenvalue weighted by molar-refractivity contribution is -0.134. The van der Waals surface area contributed by atoms with Crippen LogP contribution >= 0.6 is 0 Å². The Morgan fingerprint density at radius 2 is 1.97 bits per heavy atom. The number of hydrogen-bond acceptors (Lipinski definition) is 5. The van der Waals surface area contributed by atoms with E-state index in [0.29, 0.717) is 25.3 Å². The minimum absolute atomic E-state index is 0.0356. The van der Waals surface area contributed by atoms with Crippen LogP contribution in [0.1, 0.15) is 36.2 Å². The minimum atomic E-state index is -0.587. The Kier molecular flexibility index (Phi) is 4.94. The molecule has 1 aliphatic heterocycles. The van der Waals surface area contributed by atoms with Gasteiger partial charge in [0.1, 0.15) is 5.82 Å².